The number of para-hydroxylation sites is 2. The summed E-state index contributed by atoms with van der Waals surface area (Å²) in [7, 11) is 0. The van der Waals surface area contributed by atoms with Crippen LogP contribution in [0.15, 0.2) is 65.6 Å². The van der Waals surface area contributed by atoms with Gasteiger partial charge in [-0.1, -0.05) is 38.1 Å². The van der Waals surface area contributed by atoms with Gasteiger partial charge in [-0.2, -0.15) is 0 Å². The number of aromatic hydroxyl groups is 1. The molecule has 170 valence electrons. The maximum absolute atomic E-state index is 13.2. The van der Waals surface area contributed by atoms with E-state index in [2.05, 4.69) is 0 Å². The molecule has 1 amide bonds. The van der Waals surface area contributed by atoms with Crippen molar-refractivity contribution in [3.63, 3.8) is 0 Å². The number of nitrogens with zero attached hydrogens (tertiary/aromatic N) is 1. The van der Waals surface area contributed by atoms with Crippen LogP contribution in [0.25, 0.3) is 5.76 Å². The van der Waals surface area contributed by atoms with Crippen LogP contribution in [0, 0.1) is 12.8 Å². The number of phenols is 1. The maximum Gasteiger partial charge on any atom is 0.300 e. The number of rotatable bonds is 6. The molecule has 2 N–H and O–H groups in total. The Bertz CT molecular complexity index is 1240. The van der Waals surface area contributed by atoms with Crippen molar-refractivity contribution in [2.75, 3.05) is 11.5 Å². The summed E-state index contributed by atoms with van der Waals surface area (Å²) < 4.78 is 5.77. The average molecular weight is 464 g/mol. The van der Waals surface area contributed by atoms with Crippen LogP contribution in [0.2, 0.25) is 0 Å². The predicted molar refractivity (Wildman–Crippen MR) is 129 cm³/mol. The van der Waals surface area contributed by atoms with Crippen molar-refractivity contribution in [2.45, 2.75) is 26.8 Å². The summed E-state index contributed by atoms with van der Waals surface area (Å²) in [5.74, 6) is -1.12. The van der Waals surface area contributed by atoms with Gasteiger partial charge in [-0.05, 0) is 54.1 Å². The summed E-state index contributed by atoms with van der Waals surface area (Å²) in [6, 6.07) is 14.2. The summed E-state index contributed by atoms with van der Waals surface area (Å²) in [4.78, 5) is 28.4. The van der Waals surface area contributed by atoms with E-state index in [1.54, 1.807) is 42.5 Å². The number of carbonyl (C=O) groups is 2. The minimum Gasteiger partial charge on any atom is -0.507 e. The molecule has 1 unspecified atom stereocenters. The van der Waals surface area contributed by atoms with Gasteiger partial charge in [0.25, 0.3) is 11.7 Å². The van der Waals surface area contributed by atoms with Crippen molar-refractivity contribution in [2.24, 2.45) is 5.92 Å². The number of anilines is 1. The number of ether oxygens (including phenoxy) is 1. The fourth-order valence-electron chi connectivity index (χ4n) is 3.81. The first kappa shape index (κ1) is 22.6. The number of aliphatic hydroxyl groups is 1. The number of aliphatic hydroxyl groups excluding tert-OH is 1. The van der Waals surface area contributed by atoms with Crippen LogP contribution in [-0.2, 0) is 9.59 Å². The van der Waals surface area contributed by atoms with Crippen LogP contribution in [0.5, 0.6) is 11.5 Å². The normalized spacial score (nSPS) is 17.7. The van der Waals surface area contributed by atoms with Crippen molar-refractivity contribution in [3.8, 4) is 11.5 Å². The molecule has 4 rings (SSSR count). The van der Waals surface area contributed by atoms with E-state index in [0.717, 1.165) is 10.4 Å². The lowest BCUT2D eigenvalue weighted by molar-refractivity contribution is -0.132. The minimum absolute atomic E-state index is 0.0187. The molecule has 0 bridgehead atoms. The Morgan fingerprint density at radius 3 is 2.55 bits per heavy atom. The zero-order chi connectivity index (χ0) is 23.7. The van der Waals surface area contributed by atoms with Crippen molar-refractivity contribution in [3.05, 3.63) is 81.6 Å². The van der Waals surface area contributed by atoms with Gasteiger partial charge < -0.3 is 14.9 Å². The van der Waals surface area contributed by atoms with E-state index in [9.17, 15) is 19.8 Å². The van der Waals surface area contributed by atoms with E-state index in [4.69, 9.17) is 4.74 Å². The van der Waals surface area contributed by atoms with Crippen LogP contribution in [0.4, 0.5) is 5.69 Å². The summed E-state index contributed by atoms with van der Waals surface area (Å²) >= 11 is 1.39. The van der Waals surface area contributed by atoms with Gasteiger partial charge >= 0.3 is 0 Å². The zero-order valence-corrected chi connectivity index (χ0v) is 19.4. The number of thiophene rings is 1. The van der Waals surface area contributed by atoms with Gasteiger partial charge in [-0.25, -0.2) is 0 Å². The SMILES string of the molecule is Cc1ccsc1C1/C(=C(/O)c2cccc(OCC(C)C)c2)C(=O)C(=O)N1c1ccccc1O. The average Bonchev–Trinajstić information content (AvgIpc) is 3.33. The molecule has 0 saturated carbocycles. The van der Waals surface area contributed by atoms with E-state index >= 15 is 0 Å². The van der Waals surface area contributed by atoms with Gasteiger partial charge in [-0.15, -0.1) is 11.3 Å². The maximum atomic E-state index is 13.2. The molecule has 6 nitrogen and oxygen atoms in total. The highest BCUT2D eigenvalue weighted by Crippen LogP contribution is 2.46. The topological polar surface area (TPSA) is 87.1 Å². The first-order valence-electron chi connectivity index (χ1n) is 10.7. The summed E-state index contributed by atoms with van der Waals surface area (Å²) in [6.07, 6.45) is 0. The number of hydrogen-bond acceptors (Lipinski definition) is 6. The van der Waals surface area contributed by atoms with E-state index < -0.39 is 17.7 Å². The second-order valence-corrected chi connectivity index (χ2v) is 9.31. The minimum atomic E-state index is -0.862. The number of phenolic OH excluding ortho intramolecular Hbond substituents is 1. The molecular formula is C26H25NO5S. The van der Waals surface area contributed by atoms with Crippen molar-refractivity contribution >= 4 is 34.5 Å². The number of Topliss-reactive ketones (excluding diaryl/α,β-unsaturated/α-hetero) is 1. The smallest absolute Gasteiger partial charge is 0.300 e. The molecule has 2 aromatic carbocycles. The zero-order valence-electron chi connectivity index (χ0n) is 18.6. The monoisotopic (exact) mass is 463 g/mol. The van der Waals surface area contributed by atoms with Gasteiger partial charge in [0.1, 0.15) is 23.3 Å². The molecule has 1 aliphatic rings. The number of benzene rings is 2. The van der Waals surface area contributed by atoms with Crippen molar-refractivity contribution in [1.29, 1.82) is 0 Å². The van der Waals surface area contributed by atoms with Gasteiger partial charge in [0.05, 0.1) is 17.9 Å². The molecule has 0 spiro atoms. The van der Waals surface area contributed by atoms with Crippen LogP contribution in [0.3, 0.4) is 0 Å². The molecule has 1 atom stereocenters. The van der Waals surface area contributed by atoms with E-state index in [0.29, 0.717) is 23.8 Å². The van der Waals surface area contributed by atoms with E-state index in [-0.39, 0.29) is 22.8 Å². The molecule has 1 aliphatic heterocycles. The lowest BCUT2D eigenvalue weighted by Crippen LogP contribution is -2.29. The Balaban J connectivity index is 1.87. The fraction of sp³-hybridized carbons (Fsp3) is 0.231. The molecule has 0 radical (unpaired) electrons. The molecule has 3 aromatic rings. The number of ketones is 1. The molecule has 7 heteroatoms. The Morgan fingerprint density at radius 2 is 1.88 bits per heavy atom. The quantitative estimate of drug-likeness (QED) is 0.289. The lowest BCUT2D eigenvalue weighted by Gasteiger charge is -2.25. The molecule has 1 fully saturated rings. The van der Waals surface area contributed by atoms with Crippen LogP contribution in [-0.4, -0.2) is 28.5 Å². The first-order chi connectivity index (χ1) is 15.8. The second-order valence-electron chi connectivity index (χ2n) is 8.36. The second kappa shape index (κ2) is 9.11. The summed E-state index contributed by atoms with van der Waals surface area (Å²) in [5, 5.41) is 23.6. The Labute approximate surface area is 196 Å². The van der Waals surface area contributed by atoms with Crippen molar-refractivity contribution in [1.82, 2.24) is 0 Å². The number of amides is 1. The number of aryl methyl sites for hydroxylation is 1. The molecule has 33 heavy (non-hydrogen) atoms. The largest absolute Gasteiger partial charge is 0.507 e. The molecule has 1 aromatic heterocycles. The number of hydrogen-bond donors (Lipinski definition) is 2. The highest BCUT2D eigenvalue weighted by atomic mass is 32.1. The third-order valence-corrected chi connectivity index (χ3v) is 6.50. The van der Waals surface area contributed by atoms with Crippen molar-refractivity contribution < 1.29 is 24.5 Å². The first-order valence-corrected chi connectivity index (χ1v) is 11.5. The van der Waals surface area contributed by atoms with Crippen LogP contribution in [0.1, 0.15) is 35.9 Å². The standard InChI is InChI=1S/C26H25NO5S/c1-15(2)14-32-18-8-6-7-17(13-18)23(29)21-22(25-16(3)11-12-33-25)27(26(31)24(21)30)19-9-4-5-10-20(19)28/h4-13,15,22,28-29H,14H2,1-3H3/b23-21-. The lowest BCUT2D eigenvalue weighted by atomic mass is 9.98. The molecule has 1 saturated heterocycles. The van der Waals surface area contributed by atoms with Crippen LogP contribution >= 0.6 is 11.3 Å². The van der Waals surface area contributed by atoms with Gasteiger partial charge in [0, 0.05) is 10.4 Å². The molecule has 0 aliphatic carbocycles. The fourth-order valence-corrected chi connectivity index (χ4v) is 4.84. The van der Waals surface area contributed by atoms with Gasteiger partial charge in [-0.3, -0.25) is 14.5 Å². The van der Waals surface area contributed by atoms with Crippen LogP contribution < -0.4 is 9.64 Å². The molecule has 2 heterocycles. The van der Waals surface area contributed by atoms with E-state index in [1.165, 1.54) is 22.3 Å². The number of carbonyl (C=O) groups excluding carboxylic acids is 2. The van der Waals surface area contributed by atoms with Gasteiger partial charge in [0.15, 0.2) is 0 Å². The highest BCUT2D eigenvalue weighted by Gasteiger charge is 2.48. The summed E-state index contributed by atoms with van der Waals surface area (Å²) in [5.41, 5.74) is 1.46. The van der Waals surface area contributed by atoms with E-state index in [1.807, 2.05) is 32.2 Å². The predicted octanol–water partition coefficient (Wildman–Crippen LogP) is 5.42. The summed E-state index contributed by atoms with van der Waals surface area (Å²) in [6.45, 7) is 6.47. The Kier molecular flexibility index (Phi) is 6.24. The molecular weight excluding hydrogens is 438 g/mol. The van der Waals surface area contributed by atoms with Gasteiger partial charge in [0.2, 0.25) is 0 Å². The Morgan fingerprint density at radius 1 is 1.12 bits per heavy atom. The Hall–Kier alpha value is -3.58. The third-order valence-electron chi connectivity index (χ3n) is 5.43. The third kappa shape index (κ3) is 4.24. The highest BCUT2D eigenvalue weighted by molar-refractivity contribution is 7.10.